The summed E-state index contributed by atoms with van der Waals surface area (Å²) >= 11 is 5.86. The van der Waals surface area contributed by atoms with Crippen molar-refractivity contribution in [2.24, 2.45) is 0 Å². The molecule has 5 nitrogen and oxygen atoms in total. The van der Waals surface area contributed by atoms with Crippen LogP contribution in [0.2, 0.25) is 5.02 Å². The Morgan fingerprint density at radius 1 is 1.43 bits per heavy atom. The molecule has 21 heavy (non-hydrogen) atoms. The quantitative estimate of drug-likeness (QED) is 0.883. The molecule has 0 unspecified atom stereocenters. The van der Waals surface area contributed by atoms with Gasteiger partial charge in [-0.05, 0) is 24.6 Å². The Morgan fingerprint density at radius 2 is 2.24 bits per heavy atom. The Balaban J connectivity index is 1.77. The van der Waals surface area contributed by atoms with Crippen molar-refractivity contribution in [3.63, 3.8) is 0 Å². The Bertz CT molecular complexity index is 657. The molecule has 0 saturated heterocycles. The number of aromatic nitrogens is 1. The molecule has 2 aromatic rings. The first-order valence-corrected chi connectivity index (χ1v) is 8.18. The Labute approximate surface area is 130 Å². The van der Waals surface area contributed by atoms with Crippen LogP contribution in [0.5, 0.6) is 0 Å². The smallest absolute Gasteiger partial charge is 0.232 e. The fraction of sp³-hybridized carbons (Fsp3) is 0.286. The number of carbonyl (C=O) groups excluding carboxylic acids is 1. The Hall–Kier alpha value is -1.66. The number of aryl methyl sites for hydroxylation is 1. The molecule has 0 aliphatic rings. The van der Waals surface area contributed by atoms with E-state index in [9.17, 15) is 9.00 Å². The van der Waals surface area contributed by atoms with Crippen molar-refractivity contribution in [1.29, 1.82) is 0 Å². The van der Waals surface area contributed by atoms with Crippen molar-refractivity contribution in [3.05, 3.63) is 52.4 Å². The van der Waals surface area contributed by atoms with E-state index < -0.39 is 10.8 Å². The molecule has 0 spiro atoms. The Morgan fingerprint density at radius 3 is 2.90 bits per heavy atom. The van der Waals surface area contributed by atoms with Crippen molar-refractivity contribution < 1.29 is 13.5 Å². The standard InChI is InChI=1S/C14H15ClN2O3S/c1-10-5-13(17-20-10)8-21(19)9-14(18)16-7-11-3-2-4-12(15)6-11/h2-6H,7-9H2,1H3,(H,16,18)/t21-/m1/s1. The van der Waals surface area contributed by atoms with Crippen LogP contribution in [-0.4, -0.2) is 21.0 Å². The third-order valence-corrected chi connectivity index (χ3v) is 4.09. The summed E-state index contributed by atoms with van der Waals surface area (Å²) in [6.07, 6.45) is 0. The van der Waals surface area contributed by atoms with Gasteiger partial charge in [0.1, 0.15) is 11.5 Å². The number of hydrogen-bond acceptors (Lipinski definition) is 4. The minimum atomic E-state index is -1.31. The van der Waals surface area contributed by atoms with Crippen molar-refractivity contribution in [2.75, 3.05) is 5.75 Å². The summed E-state index contributed by atoms with van der Waals surface area (Å²) in [4.78, 5) is 11.7. The van der Waals surface area contributed by atoms with Crippen LogP contribution in [-0.2, 0) is 27.9 Å². The van der Waals surface area contributed by atoms with Crippen LogP contribution in [0.4, 0.5) is 0 Å². The zero-order valence-electron chi connectivity index (χ0n) is 11.5. The number of amides is 1. The monoisotopic (exact) mass is 326 g/mol. The van der Waals surface area contributed by atoms with Crippen molar-refractivity contribution in [1.82, 2.24) is 10.5 Å². The van der Waals surface area contributed by atoms with E-state index in [1.807, 2.05) is 12.1 Å². The lowest BCUT2D eigenvalue weighted by atomic mass is 10.2. The molecule has 112 valence electrons. The van der Waals surface area contributed by atoms with Gasteiger partial charge in [0.05, 0.1) is 11.4 Å². The second kappa shape index (κ2) is 7.38. The zero-order chi connectivity index (χ0) is 15.2. The van der Waals surface area contributed by atoms with Crippen LogP contribution in [0.15, 0.2) is 34.9 Å². The van der Waals surface area contributed by atoms with Gasteiger partial charge < -0.3 is 9.84 Å². The molecule has 1 N–H and O–H groups in total. The zero-order valence-corrected chi connectivity index (χ0v) is 13.0. The highest BCUT2D eigenvalue weighted by Gasteiger charge is 2.11. The average Bonchev–Trinajstić information content (AvgIpc) is 2.81. The third-order valence-electron chi connectivity index (χ3n) is 2.66. The molecular weight excluding hydrogens is 312 g/mol. The minimum Gasteiger partial charge on any atom is -0.361 e. The summed E-state index contributed by atoms with van der Waals surface area (Å²) in [6.45, 7) is 2.12. The van der Waals surface area contributed by atoms with E-state index in [-0.39, 0.29) is 17.4 Å². The lowest BCUT2D eigenvalue weighted by molar-refractivity contribution is -0.118. The lowest BCUT2D eigenvalue weighted by Crippen LogP contribution is -2.28. The number of carbonyl (C=O) groups is 1. The topological polar surface area (TPSA) is 72.2 Å². The van der Waals surface area contributed by atoms with Gasteiger partial charge in [0.25, 0.3) is 0 Å². The highest BCUT2D eigenvalue weighted by Crippen LogP contribution is 2.10. The SMILES string of the molecule is Cc1cc(C[S@@](=O)CC(=O)NCc2cccc(Cl)c2)no1. The van der Waals surface area contributed by atoms with Crippen LogP contribution in [0.1, 0.15) is 17.0 Å². The maximum atomic E-state index is 11.8. The molecule has 0 fully saturated rings. The normalized spacial score (nSPS) is 12.1. The van der Waals surface area contributed by atoms with Gasteiger partial charge in [-0.1, -0.05) is 28.9 Å². The van der Waals surface area contributed by atoms with E-state index in [0.29, 0.717) is 23.0 Å². The fourth-order valence-electron chi connectivity index (χ4n) is 1.75. The number of hydrogen-bond donors (Lipinski definition) is 1. The molecule has 1 atom stereocenters. The van der Waals surface area contributed by atoms with Gasteiger partial charge in [-0.25, -0.2) is 0 Å². The predicted molar refractivity (Wildman–Crippen MR) is 81.3 cm³/mol. The molecule has 2 rings (SSSR count). The van der Waals surface area contributed by atoms with Gasteiger partial charge in [-0.3, -0.25) is 9.00 Å². The van der Waals surface area contributed by atoms with Gasteiger partial charge in [0.15, 0.2) is 0 Å². The summed E-state index contributed by atoms with van der Waals surface area (Å²) in [5.74, 6) is 0.537. The molecular formula is C14H15ClN2O3S. The molecule has 7 heteroatoms. The molecule has 0 saturated carbocycles. The fourth-order valence-corrected chi connectivity index (χ4v) is 2.92. The van der Waals surface area contributed by atoms with Gasteiger partial charge in [0.2, 0.25) is 5.91 Å². The first-order chi connectivity index (χ1) is 10.0. The van der Waals surface area contributed by atoms with E-state index in [1.165, 1.54) is 0 Å². The average molecular weight is 327 g/mol. The Kier molecular flexibility index (Phi) is 5.52. The van der Waals surface area contributed by atoms with E-state index in [0.717, 1.165) is 5.56 Å². The second-order valence-corrected chi connectivity index (χ2v) is 6.46. The number of benzene rings is 1. The minimum absolute atomic E-state index is 0.0630. The molecule has 0 aliphatic carbocycles. The van der Waals surface area contributed by atoms with E-state index in [2.05, 4.69) is 10.5 Å². The number of nitrogens with zero attached hydrogens (tertiary/aromatic N) is 1. The van der Waals surface area contributed by atoms with Crippen LogP contribution >= 0.6 is 11.6 Å². The van der Waals surface area contributed by atoms with Crippen molar-refractivity contribution >= 4 is 28.3 Å². The van der Waals surface area contributed by atoms with Gasteiger partial charge in [0, 0.05) is 28.4 Å². The lowest BCUT2D eigenvalue weighted by Gasteiger charge is -2.05. The highest BCUT2D eigenvalue weighted by molar-refractivity contribution is 7.84. The largest absolute Gasteiger partial charge is 0.361 e. The highest BCUT2D eigenvalue weighted by atomic mass is 35.5. The van der Waals surface area contributed by atoms with Crippen molar-refractivity contribution in [2.45, 2.75) is 19.2 Å². The third kappa shape index (κ3) is 5.32. The first-order valence-electron chi connectivity index (χ1n) is 6.31. The molecule has 0 aliphatic heterocycles. The van der Waals surface area contributed by atoms with Crippen LogP contribution < -0.4 is 5.32 Å². The number of nitrogens with one attached hydrogen (secondary N) is 1. The molecule has 1 aromatic carbocycles. The summed E-state index contributed by atoms with van der Waals surface area (Å²) in [7, 11) is -1.31. The summed E-state index contributed by atoms with van der Waals surface area (Å²) in [6, 6.07) is 8.93. The van der Waals surface area contributed by atoms with E-state index in [1.54, 1.807) is 25.1 Å². The molecule has 0 bridgehead atoms. The molecule has 1 aromatic heterocycles. The van der Waals surface area contributed by atoms with E-state index in [4.69, 9.17) is 16.1 Å². The maximum absolute atomic E-state index is 11.8. The first kappa shape index (κ1) is 15.7. The van der Waals surface area contributed by atoms with Crippen LogP contribution in [0, 0.1) is 6.92 Å². The summed E-state index contributed by atoms with van der Waals surface area (Å²) < 4.78 is 16.7. The van der Waals surface area contributed by atoms with Crippen LogP contribution in [0.3, 0.4) is 0 Å². The number of halogens is 1. The second-order valence-electron chi connectivity index (χ2n) is 4.56. The van der Waals surface area contributed by atoms with Gasteiger partial charge in [-0.2, -0.15) is 0 Å². The van der Waals surface area contributed by atoms with Gasteiger partial charge in [-0.15, -0.1) is 0 Å². The van der Waals surface area contributed by atoms with Gasteiger partial charge >= 0.3 is 0 Å². The molecule has 1 heterocycles. The summed E-state index contributed by atoms with van der Waals surface area (Å²) in [5, 5.41) is 7.08. The summed E-state index contributed by atoms with van der Waals surface area (Å²) in [5.41, 5.74) is 1.49. The molecule has 0 radical (unpaired) electrons. The molecule has 1 amide bonds. The van der Waals surface area contributed by atoms with E-state index >= 15 is 0 Å². The predicted octanol–water partition coefficient (Wildman–Crippen LogP) is 2.20. The maximum Gasteiger partial charge on any atom is 0.232 e. The van der Waals surface area contributed by atoms with Crippen molar-refractivity contribution in [3.8, 4) is 0 Å². The van der Waals surface area contributed by atoms with Crippen LogP contribution in [0.25, 0.3) is 0 Å². The number of rotatable bonds is 6.